The Morgan fingerprint density at radius 3 is 2.44 bits per heavy atom. The van der Waals surface area contributed by atoms with E-state index >= 15 is 0 Å². The quantitative estimate of drug-likeness (QED) is 0.422. The van der Waals surface area contributed by atoms with Gasteiger partial charge in [0.1, 0.15) is 5.76 Å². The zero-order valence-electron chi connectivity index (χ0n) is 18.5. The smallest absolute Gasteiger partial charge is 0.295 e. The molecule has 0 spiro atoms. The standard InChI is InChI=1S/C25H27NO6/c1-15-6-8-16(9-7-15)23(27)21-22(17-10-11-19(30-2)20(13-17)31-3)26(25(29)24(21)28)14-18-5-4-12-32-18/h6-11,13,18,22,27H,4-5,12,14H2,1-3H3/t18-,22-/m0/s1. The fourth-order valence-corrected chi connectivity index (χ4v) is 4.31. The molecule has 168 valence electrons. The fourth-order valence-electron chi connectivity index (χ4n) is 4.31. The number of aliphatic hydroxyl groups is 1. The maximum atomic E-state index is 13.1. The third-order valence-electron chi connectivity index (χ3n) is 6.01. The average Bonchev–Trinajstić information content (AvgIpc) is 3.41. The van der Waals surface area contributed by atoms with E-state index in [1.54, 1.807) is 37.4 Å². The Morgan fingerprint density at radius 1 is 1.09 bits per heavy atom. The number of ether oxygens (including phenoxy) is 3. The predicted octanol–water partition coefficient (Wildman–Crippen LogP) is 3.61. The maximum Gasteiger partial charge on any atom is 0.295 e. The van der Waals surface area contributed by atoms with Crippen molar-refractivity contribution >= 4 is 17.4 Å². The Kier molecular flexibility index (Phi) is 6.19. The second-order valence-corrected chi connectivity index (χ2v) is 8.07. The van der Waals surface area contributed by atoms with Crippen molar-refractivity contribution in [2.24, 2.45) is 0 Å². The van der Waals surface area contributed by atoms with E-state index in [4.69, 9.17) is 14.2 Å². The molecular weight excluding hydrogens is 410 g/mol. The van der Waals surface area contributed by atoms with E-state index in [0.717, 1.165) is 18.4 Å². The molecule has 2 aliphatic rings. The molecule has 0 radical (unpaired) electrons. The van der Waals surface area contributed by atoms with E-state index in [2.05, 4.69) is 0 Å². The number of Topliss-reactive ketones (excluding diaryl/α,β-unsaturated/α-hetero) is 1. The minimum absolute atomic E-state index is 0.0593. The minimum atomic E-state index is -0.764. The zero-order chi connectivity index (χ0) is 22.8. The third kappa shape index (κ3) is 3.96. The first-order valence-corrected chi connectivity index (χ1v) is 10.6. The first-order chi connectivity index (χ1) is 15.4. The molecule has 0 bridgehead atoms. The molecule has 2 aromatic rings. The van der Waals surface area contributed by atoms with E-state index in [1.165, 1.54) is 12.0 Å². The van der Waals surface area contributed by atoms with Crippen molar-refractivity contribution in [3.63, 3.8) is 0 Å². The summed E-state index contributed by atoms with van der Waals surface area (Å²) in [5.74, 6) is -0.540. The van der Waals surface area contributed by atoms with Crippen molar-refractivity contribution in [1.82, 2.24) is 4.90 Å². The van der Waals surface area contributed by atoms with Gasteiger partial charge in [-0.2, -0.15) is 0 Å². The van der Waals surface area contributed by atoms with Crippen LogP contribution in [-0.2, 0) is 14.3 Å². The summed E-state index contributed by atoms with van der Waals surface area (Å²) >= 11 is 0. The molecule has 0 aliphatic carbocycles. The van der Waals surface area contributed by atoms with Crippen LogP contribution in [0.2, 0.25) is 0 Å². The van der Waals surface area contributed by atoms with Crippen LogP contribution in [0.25, 0.3) is 5.76 Å². The van der Waals surface area contributed by atoms with Crippen molar-refractivity contribution in [1.29, 1.82) is 0 Å². The van der Waals surface area contributed by atoms with Crippen LogP contribution in [0.1, 0.15) is 35.6 Å². The molecular formula is C25H27NO6. The number of amides is 1. The van der Waals surface area contributed by atoms with E-state index in [1.807, 2.05) is 19.1 Å². The zero-order valence-corrected chi connectivity index (χ0v) is 18.5. The lowest BCUT2D eigenvalue weighted by Gasteiger charge is -2.28. The topological polar surface area (TPSA) is 85.3 Å². The average molecular weight is 437 g/mol. The van der Waals surface area contributed by atoms with Crippen LogP contribution >= 0.6 is 0 Å². The van der Waals surface area contributed by atoms with Crippen LogP contribution < -0.4 is 9.47 Å². The van der Waals surface area contributed by atoms with Gasteiger partial charge in [-0.3, -0.25) is 9.59 Å². The number of nitrogens with zero attached hydrogens (tertiary/aromatic N) is 1. The van der Waals surface area contributed by atoms with E-state index < -0.39 is 17.7 Å². The number of aryl methyl sites for hydroxylation is 1. The molecule has 0 aromatic heterocycles. The molecule has 2 fully saturated rings. The molecule has 0 unspecified atom stereocenters. The van der Waals surface area contributed by atoms with Gasteiger partial charge in [0.2, 0.25) is 0 Å². The molecule has 2 aliphatic heterocycles. The van der Waals surface area contributed by atoms with Crippen LogP contribution in [0.5, 0.6) is 11.5 Å². The van der Waals surface area contributed by atoms with Gasteiger partial charge in [0, 0.05) is 18.7 Å². The number of benzene rings is 2. The van der Waals surface area contributed by atoms with Gasteiger partial charge in [0.15, 0.2) is 11.5 Å². The highest BCUT2D eigenvalue weighted by Crippen LogP contribution is 2.42. The number of likely N-dealkylation sites (tertiary alicyclic amines) is 1. The van der Waals surface area contributed by atoms with Crippen LogP contribution in [-0.4, -0.2) is 55.2 Å². The molecule has 2 saturated heterocycles. The van der Waals surface area contributed by atoms with Gasteiger partial charge in [0.05, 0.1) is 31.9 Å². The van der Waals surface area contributed by atoms with Gasteiger partial charge in [0.25, 0.3) is 11.7 Å². The number of methoxy groups -OCH3 is 2. The second-order valence-electron chi connectivity index (χ2n) is 8.07. The van der Waals surface area contributed by atoms with Gasteiger partial charge in [-0.25, -0.2) is 0 Å². The predicted molar refractivity (Wildman–Crippen MR) is 119 cm³/mol. The number of rotatable bonds is 6. The summed E-state index contributed by atoms with van der Waals surface area (Å²) in [6.07, 6.45) is 1.59. The summed E-state index contributed by atoms with van der Waals surface area (Å²) in [5.41, 5.74) is 2.21. The van der Waals surface area contributed by atoms with Gasteiger partial charge in [-0.1, -0.05) is 35.9 Å². The molecule has 2 atom stereocenters. The highest BCUT2D eigenvalue weighted by Gasteiger charge is 2.47. The van der Waals surface area contributed by atoms with Crippen LogP contribution in [0.15, 0.2) is 48.0 Å². The highest BCUT2D eigenvalue weighted by molar-refractivity contribution is 6.46. The molecule has 4 rings (SSSR count). The summed E-state index contributed by atoms with van der Waals surface area (Å²) in [6.45, 7) is 2.85. The number of aliphatic hydroxyl groups excluding tert-OH is 1. The van der Waals surface area contributed by atoms with Gasteiger partial charge in [-0.05, 0) is 37.5 Å². The monoisotopic (exact) mass is 437 g/mol. The number of ketones is 1. The Labute approximate surface area is 187 Å². The maximum absolute atomic E-state index is 13.1. The fraction of sp³-hybridized carbons (Fsp3) is 0.360. The van der Waals surface area contributed by atoms with Crippen molar-refractivity contribution in [2.75, 3.05) is 27.4 Å². The van der Waals surface area contributed by atoms with Crippen LogP contribution in [0.3, 0.4) is 0 Å². The molecule has 7 heteroatoms. The first kappa shape index (κ1) is 21.9. The molecule has 32 heavy (non-hydrogen) atoms. The molecule has 7 nitrogen and oxygen atoms in total. The van der Waals surface area contributed by atoms with Crippen molar-refractivity contribution < 1.29 is 28.9 Å². The number of carbonyl (C=O) groups is 2. The Bertz CT molecular complexity index is 1050. The number of hydrogen-bond donors (Lipinski definition) is 1. The lowest BCUT2D eigenvalue weighted by Crippen LogP contribution is -2.36. The van der Waals surface area contributed by atoms with E-state index in [9.17, 15) is 14.7 Å². The van der Waals surface area contributed by atoms with E-state index in [-0.39, 0.29) is 24.0 Å². The second kappa shape index (κ2) is 9.04. The lowest BCUT2D eigenvalue weighted by atomic mass is 9.94. The normalized spacial score (nSPS) is 22.4. The molecule has 1 amide bonds. The molecule has 2 aromatic carbocycles. The van der Waals surface area contributed by atoms with Crippen LogP contribution in [0, 0.1) is 6.92 Å². The summed E-state index contributed by atoms with van der Waals surface area (Å²) in [4.78, 5) is 27.7. The molecule has 1 N–H and O–H groups in total. The lowest BCUT2D eigenvalue weighted by molar-refractivity contribution is -0.140. The number of carbonyl (C=O) groups excluding carboxylic acids is 2. The Balaban J connectivity index is 1.85. The first-order valence-electron chi connectivity index (χ1n) is 10.6. The Hall–Kier alpha value is -3.32. The van der Waals surface area contributed by atoms with E-state index in [0.29, 0.717) is 29.2 Å². The van der Waals surface area contributed by atoms with Gasteiger partial charge < -0.3 is 24.2 Å². The summed E-state index contributed by atoms with van der Waals surface area (Å²) in [7, 11) is 3.07. The van der Waals surface area contributed by atoms with Crippen molar-refractivity contribution in [2.45, 2.75) is 31.9 Å². The third-order valence-corrected chi connectivity index (χ3v) is 6.01. The van der Waals surface area contributed by atoms with Gasteiger partial charge >= 0.3 is 0 Å². The summed E-state index contributed by atoms with van der Waals surface area (Å²) < 4.78 is 16.5. The number of hydrogen-bond acceptors (Lipinski definition) is 6. The summed E-state index contributed by atoms with van der Waals surface area (Å²) in [6, 6.07) is 11.7. The van der Waals surface area contributed by atoms with Crippen molar-refractivity contribution in [3.8, 4) is 11.5 Å². The highest BCUT2D eigenvalue weighted by atomic mass is 16.5. The molecule has 2 heterocycles. The molecule has 0 saturated carbocycles. The van der Waals surface area contributed by atoms with Crippen molar-refractivity contribution in [3.05, 3.63) is 64.7 Å². The largest absolute Gasteiger partial charge is 0.507 e. The summed E-state index contributed by atoms with van der Waals surface area (Å²) in [5, 5.41) is 11.1. The van der Waals surface area contributed by atoms with Crippen LogP contribution in [0.4, 0.5) is 0 Å². The SMILES string of the molecule is COc1ccc([C@H]2C(=C(O)c3ccc(C)cc3)C(=O)C(=O)N2C[C@@H]2CCCO2)cc1OC. The minimum Gasteiger partial charge on any atom is -0.507 e. The van der Waals surface area contributed by atoms with Gasteiger partial charge in [-0.15, -0.1) is 0 Å². The Morgan fingerprint density at radius 2 is 1.81 bits per heavy atom.